The molecule has 0 aliphatic rings. The Bertz CT molecular complexity index is 482. The van der Waals surface area contributed by atoms with Crippen LogP contribution in [0.4, 0.5) is 5.69 Å². The van der Waals surface area contributed by atoms with Gasteiger partial charge in [0.05, 0.1) is 17.9 Å². The number of sulfonamides is 1. The number of carboxylic acid groups (broad SMARTS) is 1. The number of carbonyl (C=O) groups is 1. The highest BCUT2D eigenvalue weighted by atomic mass is 32.2. The van der Waals surface area contributed by atoms with E-state index in [2.05, 4.69) is 4.72 Å². The summed E-state index contributed by atoms with van der Waals surface area (Å²) >= 11 is 0. The van der Waals surface area contributed by atoms with Crippen LogP contribution < -0.4 is 4.72 Å². The Hall–Kier alpha value is -1.76. The first-order chi connectivity index (χ1) is 7.39. The Kier molecular flexibility index (Phi) is 3.73. The Balaban J connectivity index is 2.69. The predicted molar refractivity (Wildman–Crippen MR) is 57.8 cm³/mol. The summed E-state index contributed by atoms with van der Waals surface area (Å²) in [6.45, 7) is 0. The molecule has 1 rings (SSSR count). The number of nitrogens with one attached hydrogen (secondary N) is 1. The summed E-state index contributed by atoms with van der Waals surface area (Å²) < 4.78 is 24.9. The van der Waals surface area contributed by atoms with E-state index in [0.717, 1.165) is 0 Å². The highest BCUT2D eigenvalue weighted by Crippen LogP contribution is 2.16. The number of phenolic OH excluding ortho intramolecular Hbond substituents is 1. The highest BCUT2D eigenvalue weighted by molar-refractivity contribution is 7.92. The van der Waals surface area contributed by atoms with Gasteiger partial charge in [0, 0.05) is 6.07 Å². The Morgan fingerprint density at radius 1 is 1.38 bits per heavy atom. The molecule has 6 nitrogen and oxygen atoms in total. The van der Waals surface area contributed by atoms with Gasteiger partial charge < -0.3 is 10.2 Å². The predicted octanol–water partition coefficient (Wildman–Crippen LogP) is 0.609. The summed E-state index contributed by atoms with van der Waals surface area (Å²) in [5.41, 5.74) is 0.199. The van der Waals surface area contributed by atoms with E-state index < -0.39 is 28.2 Å². The van der Waals surface area contributed by atoms with Crippen molar-refractivity contribution in [3.05, 3.63) is 24.3 Å². The van der Waals surface area contributed by atoms with E-state index in [1.165, 1.54) is 24.3 Å². The van der Waals surface area contributed by atoms with Crippen LogP contribution in [0.25, 0.3) is 0 Å². The first kappa shape index (κ1) is 12.3. The maximum atomic E-state index is 11.4. The second-order valence-corrected chi connectivity index (χ2v) is 4.96. The van der Waals surface area contributed by atoms with Crippen LogP contribution in [0.1, 0.15) is 6.42 Å². The average molecular weight is 245 g/mol. The van der Waals surface area contributed by atoms with Gasteiger partial charge in [0.25, 0.3) is 0 Å². The summed E-state index contributed by atoms with van der Waals surface area (Å²) in [7, 11) is -3.69. The van der Waals surface area contributed by atoms with E-state index in [1.54, 1.807) is 0 Å². The van der Waals surface area contributed by atoms with Crippen LogP contribution in [-0.2, 0) is 14.8 Å². The molecule has 0 aliphatic heterocycles. The third-order valence-electron chi connectivity index (χ3n) is 1.70. The standard InChI is InChI=1S/C9H11NO5S/c11-8-3-1-2-7(6-8)10-16(14,15)5-4-9(12)13/h1-3,6,10-11H,4-5H2,(H,12,13). The fourth-order valence-electron chi connectivity index (χ4n) is 1.02. The molecule has 0 aliphatic carbocycles. The summed E-state index contributed by atoms with van der Waals surface area (Å²) in [5.74, 6) is -1.75. The second-order valence-electron chi connectivity index (χ2n) is 3.12. The highest BCUT2D eigenvalue weighted by Gasteiger charge is 2.12. The monoisotopic (exact) mass is 245 g/mol. The first-order valence-electron chi connectivity index (χ1n) is 4.40. The van der Waals surface area contributed by atoms with Crippen LogP contribution in [0, 0.1) is 0 Å². The van der Waals surface area contributed by atoms with Crippen LogP contribution in [0.3, 0.4) is 0 Å². The third-order valence-corrected chi connectivity index (χ3v) is 2.99. The number of phenols is 1. The largest absolute Gasteiger partial charge is 0.508 e. The lowest BCUT2D eigenvalue weighted by Crippen LogP contribution is -2.18. The van der Waals surface area contributed by atoms with Crippen molar-refractivity contribution in [2.24, 2.45) is 0 Å². The van der Waals surface area contributed by atoms with Gasteiger partial charge in [-0.2, -0.15) is 0 Å². The number of rotatable bonds is 5. The summed E-state index contributed by atoms with van der Waals surface area (Å²) in [4.78, 5) is 10.2. The number of benzene rings is 1. The molecule has 1 aromatic carbocycles. The second kappa shape index (κ2) is 4.84. The zero-order valence-electron chi connectivity index (χ0n) is 8.25. The van der Waals surface area contributed by atoms with Crippen molar-refractivity contribution in [1.29, 1.82) is 0 Å². The number of aliphatic carboxylic acids is 1. The molecule has 0 unspecified atom stereocenters. The van der Waals surface area contributed by atoms with Crippen molar-refractivity contribution in [1.82, 2.24) is 0 Å². The molecule has 16 heavy (non-hydrogen) atoms. The van der Waals surface area contributed by atoms with Gasteiger partial charge in [-0.1, -0.05) is 6.07 Å². The molecular formula is C9H11NO5S. The van der Waals surface area contributed by atoms with Crippen molar-refractivity contribution in [3.8, 4) is 5.75 Å². The molecule has 0 aromatic heterocycles. The van der Waals surface area contributed by atoms with Gasteiger partial charge in [-0.05, 0) is 12.1 Å². The van der Waals surface area contributed by atoms with Crippen molar-refractivity contribution in [3.63, 3.8) is 0 Å². The quantitative estimate of drug-likeness (QED) is 0.705. The van der Waals surface area contributed by atoms with Crippen molar-refractivity contribution in [2.45, 2.75) is 6.42 Å². The summed E-state index contributed by atoms with van der Waals surface area (Å²) in [6, 6.07) is 5.57. The molecule has 0 amide bonds. The molecule has 0 spiro atoms. The molecule has 0 bridgehead atoms. The van der Waals surface area contributed by atoms with Gasteiger partial charge in [0.1, 0.15) is 5.75 Å². The Morgan fingerprint density at radius 3 is 2.62 bits per heavy atom. The molecule has 0 heterocycles. The minimum absolute atomic E-state index is 0.0709. The Labute approximate surface area is 92.6 Å². The number of hydrogen-bond donors (Lipinski definition) is 3. The van der Waals surface area contributed by atoms with E-state index in [0.29, 0.717) is 0 Å². The van der Waals surface area contributed by atoms with Crippen LogP contribution in [-0.4, -0.2) is 30.4 Å². The topological polar surface area (TPSA) is 104 Å². The zero-order valence-corrected chi connectivity index (χ0v) is 9.07. The van der Waals surface area contributed by atoms with E-state index >= 15 is 0 Å². The van der Waals surface area contributed by atoms with Crippen molar-refractivity contribution < 1.29 is 23.4 Å². The molecule has 0 saturated heterocycles. The minimum atomic E-state index is -3.69. The normalized spacial score (nSPS) is 11.0. The molecular weight excluding hydrogens is 234 g/mol. The lowest BCUT2D eigenvalue weighted by molar-refractivity contribution is -0.136. The van der Waals surface area contributed by atoms with Crippen molar-refractivity contribution in [2.75, 3.05) is 10.5 Å². The number of carboxylic acids is 1. The molecule has 3 N–H and O–H groups in total. The number of hydrogen-bond acceptors (Lipinski definition) is 4. The van der Waals surface area contributed by atoms with Crippen LogP contribution in [0.15, 0.2) is 24.3 Å². The fourth-order valence-corrected chi connectivity index (χ4v) is 2.05. The van der Waals surface area contributed by atoms with Gasteiger partial charge in [0.2, 0.25) is 10.0 Å². The molecule has 0 saturated carbocycles. The van der Waals surface area contributed by atoms with Gasteiger partial charge in [-0.15, -0.1) is 0 Å². The molecule has 0 atom stereocenters. The van der Waals surface area contributed by atoms with E-state index in [-0.39, 0.29) is 11.4 Å². The van der Waals surface area contributed by atoms with E-state index in [9.17, 15) is 13.2 Å². The maximum absolute atomic E-state index is 11.4. The van der Waals surface area contributed by atoms with Gasteiger partial charge >= 0.3 is 5.97 Å². The number of anilines is 1. The maximum Gasteiger partial charge on any atom is 0.304 e. The van der Waals surface area contributed by atoms with Crippen LogP contribution in [0.5, 0.6) is 5.75 Å². The van der Waals surface area contributed by atoms with E-state index in [4.69, 9.17) is 10.2 Å². The zero-order chi connectivity index (χ0) is 12.2. The van der Waals surface area contributed by atoms with Crippen LogP contribution in [0.2, 0.25) is 0 Å². The van der Waals surface area contributed by atoms with Gasteiger partial charge in [-0.3, -0.25) is 9.52 Å². The third kappa shape index (κ3) is 4.18. The summed E-state index contributed by atoms with van der Waals surface area (Å²) in [5, 5.41) is 17.5. The number of aromatic hydroxyl groups is 1. The molecule has 88 valence electrons. The lowest BCUT2D eigenvalue weighted by atomic mass is 10.3. The van der Waals surface area contributed by atoms with Gasteiger partial charge in [-0.25, -0.2) is 8.42 Å². The molecule has 0 radical (unpaired) electrons. The van der Waals surface area contributed by atoms with E-state index in [1.807, 2.05) is 0 Å². The summed E-state index contributed by atoms with van der Waals surface area (Å²) in [6.07, 6.45) is -0.464. The SMILES string of the molecule is O=C(O)CCS(=O)(=O)Nc1cccc(O)c1. The smallest absolute Gasteiger partial charge is 0.304 e. The fraction of sp³-hybridized carbons (Fsp3) is 0.222. The Morgan fingerprint density at radius 2 is 2.06 bits per heavy atom. The molecule has 1 aromatic rings. The lowest BCUT2D eigenvalue weighted by Gasteiger charge is -2.06. The molecule has 0 fully saturated rings. The van der Waals surface area contributed by atoms with Gasteiger partial charge in [0.15, 0.2) is 0 Å². The first-order valence-corrected chi connectivity index (χ1v) is 6.05. The average Bonchev–Trinajstić information content (AvgIpc) is 2.14. The molecule has 7 heteroatoms. The van der Waals surface area contributed by atoms with Crippen molar-refractivity contribution >= 4 is 21.7 Å². The van der Waals surface area contributed by atoms with Crippen LogP contribution >= 0.6 is 0 Å². The minimum Gasteiger partial charge on any atom is -0.508 e.